The molecule has 1 aromatic carbocycles. The third-order valence-electron chi connectivity index (χ3n) is 4.19. The molecule has 2 aromatic rings. The summed E-state index contributed by atoms with van der Waals surface area (Å²) in [6.45, 7) is 1.82. The Hall–Kier alpha value is -2.67. The van der Waals surface area contributed by atoms with E-state index in [4.69, 9.17) is 16.4 Å². The standard InChI is InChI=1S/C16H13ClN4O3/c1-8-9(7-20(2)18-8)13-12-14(24-19-13)16(23)21(15(12)22)11-6-4-3-5-10(11)17/h3-7,12,14H,1-2H3/t12-,14-/m1/s1. The number of hydrogen-bond donors (Lipinski definition) is 0. The molecule has 122 valence electrons. The molecule has 2 aliphatic heterocycles. The van der Waals surface area contributed by atoms with Crippen LogP contribution in [0, 0.1) is 12.8 Å². The Morgan fingerprint density at radius 2 is 1.96 bits per heavy atom. The van der Waals surface area contributed by atoms with Gasteiger partial charge in [0.15, 0.2) is 0 Å². The first-order valence-corrected chi connectivity index (χ1v) is 7.73. The van der Waals surface area contributed by atoms with Gasteiger partial charge in [-0.25, -0.2) is 4.90 Å². The van der Waals surface area contributed by atoms with Crippen molar-refractivity contribution in [1.29, 1.82) is 0 Å². The highest BCUT2D eigenvalue weighted by molar-refractivity contribution is 6.38. The first kappa shape index (κ1) is 14.9. The predicted octanol–water partition coefficient (Wildman–Crippen LogP) is 1.67. The molecule has 2 amide bonds. The number of amides is 2. The maximum absolute atomic E-state index is 12.9. The van der Waals surface area contributed by atoms with Crippen LogP contribution in [0.1, 0.15) is 11.3 Å². The van der Waals surface area contributed by atoms with Crippen molar-refractivity contribution in [3.63, 3.8) is 0 Å². The van der Waals surface area contributed by atoms with Crippen LogP contribution in [-0.2, 0) is 21.5 Å². The number of aryl methyl sites for hydroxylation is 2. The molecule has 0 aliphatic carbocycles. The van der Waals surface area contributed by atoms with Gasteiger partial charge in [0, 0.05) is 18.8 Å². The Morgan fingerprint density at radius 1 is 1.21 bits per heavy atom. The monoisotopic (exact) mass is 344 g/mol. The topological polar surface area (TPSA) is 76.8 Å². The van der Waals surface area contributed by atoms with E-state index in [1.165, 1.54) is 0 Å². The van der Waals surface area contributed by atoms with Crippen LogP contribution in [0.4, 0.5) is 5.69 Å². The normalized spacial score (nSPS) is 22.6. The molecule has 7 nitrogen and oxygen atoms in total. The first-order valence-electron chi connectivity index (χ1n) is 7.35. The average Bonchev–Trinajstić information content (AvgIpc) is 3.17. The summed E-state index contributed by atoms with van der Waals surface area (Å²) >= 11 is 6.14. The molecule has 0 N–H and O–H groups in total. The third-order valence-corrected chi connectivity index (χ3v) is 4.51. The van der Waals surface area contributed by atoms with Gasteiger partial charge in [-0.3, -0.25) is 14.3 Å². The molecule has 0 radical (unpaired) electrons. The minimum Gasteiger partial charge on any atom is -0.381 e. The van der Waals surface area contributed by atoms with E-state index < -0.39 is 23.8 Å². The maximum Gasteiger partial charge on any atom is 0.279 e. The Bertz CT molecular complexity index is 904. The second kappa shape index (κ2) is 5.17. The molecule has 1 aromatic heterocycles. The van der Waals surface area contributed by atoms with Gasteiger partial charge in [0.1, 0.15) is 11.6 Å². The number of halogens is 1. The van der Waals surface area contributed by atoms with Crippen molar-refractivity contribution in [2.24, 2.45) is 18.1 Å². The van der Waals surface area contributed by atoms with Crippen LogP contribution in [-0.4, -0.2) is 33.4 Å². The van der Waals surface area contributed by atoms with Crippen LogP contribution >= 0.6 is 11.6 Å². The van der Waals surface area contributed by atoms with Gasteiger partial charge in [0.05, 0.1) is 16.4 Å². The molecule has 3 heterocycles. The van der Waals surface area contributed by atoms with Gasteiger partial charge in [-0.1, -0.05) is 28.9 Å². The molecule has 2 atom stereocenters. The fourth-order valence-corrected chi connectivity index (χ4v) is 3.34. The zero-order valence-electron chi connectivity index (χ0n) is 12.9. The third kappa shape index (κ3) is 1.98. The predicted molar refractivity (Wildman–Crippen MR) is 86.8 cm³/mol. The molecule has 0 spiro atoms. The summed E-state index contributed by atoms with van der Waals surface area (Å²) in [7, 11) is 1.78. The van der Waals surface area contributed by atoms with Crippen molar-refractivity contribution in [2.75, 3.05) is 4.90 Å². The second-order valence-corrected chi connectivity index (χ2v) is 6.15. The number of anilines is 1. The number of nitrogens with zero attached hydrogens (tertiary/aromatic N) is 4. The Labute approximate surface area is 142 Å². The molecule has 8 heteroatoms. The second-order valence-electron chi connectivity index (χ2n) is 5.75. The van der Waals surface area contributed by atoms with E-state index >= 15 is 0 Å². The molecule has 0 bridgehead atoms. The molecule has 1 saturated heterocycles. The smallest absolute Gasteiger partial charge is 0.279 e. The number of para-hydroxylation sites is 1. The van der Waals surface area contributed by atoms with Crippen molar-refractivity contribution in [1.82, 2.24) is 9.78 Å². The van der Waals surface area contributed by atoms with Gasteiger partial charge in [0.2, 0.25) is 12.0 Å². The number of oxime groups is 1. The largest absolute Gasteiger partial charge is 0.381 e. The number of benzene rings is 1. The Balaban J connectivity index is 1.76. The van der Waals surface area contributed by atoms with Crippen molar-refractivity contribution in [2.45, 2.75) is 13.0 Å². The molecule has 4 rings (SSSR count). The molecular formula is C16H13ClN4O3. The lowest BCUT2D eigenvalue weighted by Gasteiger charge is -2.16. The molecule has 2 aliphatic rings. The van der Waals surface area contributed by atoms with E-state index in [9.17, 15) is 9.59 Å². The fourth-order valence-electron chi connectivity index (χ4n) is 3.12. The minimum absolute atomic E-state index is 0.329. The van der Waals surface area contributed by atoms with E-state index in [0.717, 1.165) is 10.6 Å². The maximum atomic E-state index is 12.9. The number of fused-ring (bicyclic) bond motifs is 1. The van der Waals surface area contributed by atoms with Crippen LogP contribution in [0.25, 0.3) is 0 Å². The minimum atomic E-state index is -0.955. The number of imide groups is 1. The molecule has 24 heavy (non-hydrogen) atoms. The quantitative estimate of drug-likeness (QED) is 0.777. The highest BCUT2D eigenvalue weighted by Gasteiger charge is 2.56. The van der Waals surface area contributed by atoms with E-state index in [2.05, 4.69) is 10.3 Å². The van der Waals surface area contributed by atoms with E-state index in [1.54, 1.807) is 42.2 Å². The van der Waals surface area contributed by atoms with Gasteiger partial charge >= 0.3 is 0 Å². The van der Waals surface area contributed by atoms with Gasteiger partial charge in [-0.2, -0.15) is 5.10 Å². The van der Waals surface area contributed by atoms with E-state index in [-0.39, 0.29) is 0 Å². The summed E-state index contributed by atoms with van der Waals surface area (Å²) in [5.74, 6) is -1.63. The van der Waals surface area contributed by atoms with E-state index in [0.29, 0.717) is 22.0 Å². The molecule has 1 fully saturated rings. The van der Waals surface area contributed by atoms with Crippen LogP contribution < -0.4 is 4.90 Å². The highest BCUT2D eigenvalue weighted by Crippen LogP contribution is 2.37. The first-order chi connectivity index (χ1) is 11.5. The van der Waals surface area contributed by atoms with Gasteiger partial charge in [-0.05, 0) is 19.1 Å². The summed E-state index contributed by atoms with van der Waals surface area (Å²) in [4.78, 5) is 31.9. The summed E-state index contributed by atoms with van der Waals surface area (Å²) in [5.41, 5.74) is 2.21. The lowest BCUT2D eigenvalue weighted by molar-refractivity contribution is -0.126. The van der Waals surface area contributed by atoms with Crippen molar-refractivity contribution >= 4 is 34.8 Å². The number of carbonyl (C=O) groups is 2. The number of rotatable bonds is 2. The molecular weight excluding hydrogens is 332 g/mol. The zero-order valence-corrected chi connectivity index (χ0v) is 13.7. The van der Waals surface area contributed by atoms with Crippen molar-refractivity contribution in [3.8, 4) is 0 Å². The van der Waals surface area contributed by atoms with Crippen LogP contribution in [0.15, 0.2) is 35.6 Å². The summed E-state index contributed by atoms with van der Waals surface area (Å²) < 4.78 is 1.63. The number of aromatic nitrogens is 2. The van der Waals surface area contributed by atoms with Crippen molar-refractivity contribution in [3.05, 3.63) is 46.7 Å². The van der Waals surface area contributed by atoms with Gasteiger partial charge in [-0.15, -0.1) is 0 Å². The summed E-state index contributed by atoms with van der Waals surface area (Å²) in [6.07, 6.45) is 0.805. The highest BCUT2D eigenvalue weighted by atomic mass is 35.5. The fraction of sp³-hybridized carbons (Fsp3) is 0.250. The van der Waals surface area contributed by atoms with Gasteiger partial charge < -0.3 is 4.84 Å². The summed E-state index contributed by atoms with van der Waals surface area (Å²) in [6, 6.07) is 6.72. The van der Waals surface area contributed by atoms with Crippen LogP contribution in [0.2, 0.25) is 5.02 Å². The van der Waals surface area contributed by atoms with Crippen molar-refractivity contribution < 1.29 is 14.4 Å². The van der Waals surface area contributed by atoms with E-state index in [1.807, 2.05) is 6.92 Å². The van der Waals surface area contributed by atoms with Gasteiger partial charge in [0.25, 0.3) is 5.91 Å². The van der Waals surface area contributed by atoms with Crippen LogP contribution in [0.3, 0.4) is 0 Å². The Kier molecular flexibility index (Phi) is 3.21. The molecule has 0 unspecified atom stereocenters. The zero-order chi connectivity index (χ0) is 17.0. The SMILES string of the molecule is Cc1nn(C)cc1C1=NO[C@H]2C(=O)N(c3ccccc3Cl)C(=O)[C@H]12. The lowest BCUT2D eigenvalue weighted by atomic mass is 9.94. The Morgan fingerprint density at radius 3 is 2.62 bits per heavy atom. The lowest BCUT2D eigenvalue weighted by Crippen LogP contribution is -2.33. The number of carbonyl (C=O) groups excluding carboxylic acids is 2. The summed E-state index contributed by atoms with van der Waals surface area (Å²) in [5, 5.41) is 8.56. The number of hydrogen-bond acceptors (Lipinski definition) is 5. The molecule has 0 saturated carbocycles. The average molecular weight is 345 g/mol. The van der Waals surface area contributed by atoms with Crippen LogP contribution in [0.5, 0.6) is 0 Å².